The van der Waals surface area contributed by atoms with Crippen LogP contribution in [-0.4, -0.2) is 26.3 Å². The third-order valence-electron chi connectivity index (χ3n) is 3.88. The molecule has 4 nitrogen and oxygen atoms in total. The van der Waals surface area contributed by atoms with Gasteiger partial charge in [-0.15, -0.1) is 0 Å². The van der Waals surface area contributed by atoms with Crippen LogP contribution in [0.25, 0.3) is 10.8 Å². The summed E-state index contributed by atoms with van der Waals surface area (Å²) < 4.78 is 16.0. The van der Waals surface area contributed by atoms with Crippen LogP contribution in [0.2, 0.25) is 0 Å². The largest absolute Gasteiger partial charge is 0.497 e. The topological polar surface area (TPSA) is 40.6 Å². The summed E-state index contributed by atoms with van der Waals surface area (Å²) in [7, 11) is 4.95. The van der Waals surface area contributed by atoms with Gasteiger partial charge in [-0.1, -0.05) is 26.0 Å². The van der Waals surface area contributed by atoms with E-state index in [4.69, 9.17) is 14.2 Å². The molecule has 1 aromatic heterocycles. The number of fused-ring (bicyclic) bond motifs is 1. The molecule has 0 spiro atoms. The Morgan fingerprint density at radius 2 is 1.44 bits per heavy atom. The maximum atomic E-state index is 5.41. The number of rotatable bonds is 5. The van der Waals surface area contributed by atoms with Crippen LogP contribution in [-0.2, 0) is 6.42 Å². The summed E-state index contributed by atoms with van der Waals surface area (Å²) in [5, 5.41) is 2.15. The molecule has 0 atom stereocenters. The van der Waals surface area contributed by atoms with E-state index in [2.05, 4.69) is 17.1 Å². The number of nitrogens with zero attached hydrogens (tertiary/aromatic N) is 1. The molecule has 0 radical (unpaired) electrons. The van der Waals surface area contributed by atoms with E-state index in [9.17, 15) is 0 Å². The van der Waals surface area contributed by atoms with E-state index in [1.807, 2.05) is 50.4 Å². The molecule has 0 aliphatic rings. The SMILES string of the molecule is CC.COc1ccc(Cc2nccc3cc(OC)c(OC)cc23)cc1. The lowest BCUT2D eigenvalue weighted by molar-refractivity contribution is 0.356. The highest BCUT2D eigenvalue weighted by molar-refractivity contribution is 5.88. The van der Waals surface area contributed by atoms with Crippen molar-refractivity contribution >= 4 is 10.8 Å². The third kappa shape index (κ3) is 4.21. The summed E-state index contributed by atoms with van der Waals surface area (Å²) >= 11 is 0. The van der Waals surface area contributed by atoms with Gasteiger partial charge in [0.1, 0.15) is 5.75 Å². The van der Waals surface area contributed by atoms with Crippen molar-refractivity contribution < 1.29 is 14.2 Å². The first-order valence-corrected chi connectivity index (χ1v) is 8.37. The Bertz CT molecular complexity index is 813. The first-order chi connectivity index (χ1) is 12.2. The highest BCUT2D eigenvalue weighted by Gasteiger charge is 2.10. The second kappa shape index (κ2) is 8.92. The average Bonchev–Trinajstić information content (AvgIpc) is 2.69. The predicted octanol–water partition coefficient (Wildman–Crippen LogP) is 4.88. The van der Waals surface area contributed by atoms with Crippen molar-refractivity contribution in [3.05, 3.63) is 59.9 Å². The van der Waals surface area contributed by atoms with Gasteiger partial charge in [-0.3, -0.25) is 4.98 Å². The van der Waals surface area contributed by atoms with Gasteiger partial charge in [0.2, 0.25) is 0 Å². The zero-order valence-corrected chi connectivity index (χ0v) is 15.5. The predicted molar refractivity (Wildman–Crippen MR) is 102 cm³/mol. The van der Waals surface area contributed by atoms with Crippen LogP contribution in [0, 0.1) is 0 Å². The van der Waals surface area contributed by atoms with Crippen molar-refractivity contribution in [2.75, 3.05) is 21.3 Å². The van der Waals surface area contributed by atoms with Crippen LogP contribution in [0.4, 0.5) is 0 Å². The summed E-state index contributed by atoms with van der Waals surface area (Å²) in [6.07, 6.45) is 2.57. The van der Waals surface area contributed by atoms with Crippen molar-refractivity contribution in [1.29, 1.82) is 0 Å². The molecule has 4 heteroatoms. The minimum absolute atomic E-state index is 0.712. The van der Waals surface area contributed by atoms with Crippen molar-refractivity contribution in [2.24, 2.45) is 0 Å². The van der Waals surface area contributed by atoms with Crippen molar-refractivity contribution in [3.8, 4) is 17.2 Å². The fraction of sp³-hybridized carbons (Fsp3) is 0.286. The summed E-state index contributed by atoms with van der Waals surface area (Å²) in [6.45, 7) is 4.00. The normalized spacial score (nSPS) is 9.96. The van der Waals surface area contributed by atoms with Crippen LogP contribution in [0.1, 0.15) is 25.1 Å². The van der Waals surface area contributed by atoms with Gasteiger partial charge in [0.05, 0.1) is 27.0 Å². The molecule has 0 bridgehead atoms. The molecule has 0 aliphatic heterocycles. The molecule has 0 unspecified atom stereocenters. The standard InChI is InChI=1S/C19H19NO3.C2H6/c1-21-15-6-4-13(5-7-15)10-17-16-12-19(23-3)18(22-2)11-14(16)8-9-20-17;1-2/h4-9,11-12H,10H2,1-3H3;1-2H3. The summed E-state index contributed by atoms with van der Waals surface area (Å²) in [5.74, 6) is 2.29. The molecular formula is C21H25NO3. The number of ether oxygens (including phenoxy) is 3. The maximum absolute atomic E-state index is 5.41. The molecule has 0 saturated carbocycles. The second-order valence-corrected chi connectivity index (χ2v) is 5.21. The summed E-state index contributed by atoms with van der Waals surface area (Å²) in [4.78, 5) is 4.55. The Balaban J connectivity index is 0.00000109. The number of methoxy groups -OCH3 is 3. The lowest BCUT2D eigenvalue weighted by Crippen LogP contribution is -1.96. The monoisotopic (exact) mass is 339 g/mol. The van der Waals surface area contributed by atoms with Crippen molar-refractivity contribution in [3.63, 3.8) is 0 Å². The Kier molecular flexibility index (Phi) is 6.63. The quantitative estimate of drug-likeness (QED) is 0.664. The van der Waals surface area contributed by atoms with Gasteiger partial charge < -0.3 is 14.2 Å². The maximum Gasteiger partial charge on any atom is 0.161 e. The minimum atomic E-state index is 0.712. The summed E-state index contributed by atoms with van der Waals surface area (Å²) in [6, 6.07) is 14.0. The molecule has 0 aliphatic carbocycles. The molecule has 0 N–H and O–H groups in total. The Morgan fingerprint density at radius 3 is 2.04 bits per heavy atom. The van der Waals surface area contributed by atoms with Gasteiger partial charge in [-0.05, 0) is 41.3 Å². The Morgan fingerprint density at radius 1 is 0.800 bits per heavy atom. The van der Waals surface area contributed by atoms with E-state index in [0.717, 1.165) is 34.4 Å². The number of hydrogen-bond acceptors (Lipinski definition) is 4. The van der Waals surface area contributed by atoms with Crippen LogP contribution in [0.5, 0.6) is 17.2 Å². The third-order valence-corrected chi connectivity index (χ3v) is 3.88. The fourth-order valence-electron chi connectivity index (χ4n) is 2.64. The fourth-order valence-corrected chi connectivity index (χ4v) is 2.64. The highest BCUT2D eigenvalue weighted by Crippen LogP contribution is 2.33. The van der Waals surface area contributed by atoms with E-state index in [1.165, 1.54) is 5.56 Å². The molecule has 0 saturated heterocycles. The molecular weight excluding hydrogens is 314 g/mol. The second-order valence-electron chi connectivity index (χ2n) is 5.21. The molecule has 0 amide bonds. The minimum Gasteiger partial charge on any atom is -0.497 e. The van der Waals surface area contributed by atoms with E-state index in [1.54, 1.807) is 21.3 Å². The molecule has 2 aromatic carbocycles. The van der Waals surface area contributed by atoms with Crippen LogP contribution in [0.3, 0.4) is 0 Å². The molecule has 25 heavy (non-hydrogen) atoms. The zero-order valence-electron chi connectivity index (χ0n) is 15.5. The number of benzene rings is 2. The van der Waals surface area contributed by atoms with E-state index in [-0.39, 0.29) is 0 Å². The van der Waals surface area contributed by atoms with Gasteiger partial charge >= 0.3 is 0 Å². The smallest absolute Gasteiger partial charge is 0.161 e. The van der Waals surface area contributed by atoms with E-state index < -0.39 is 0 Å². The number of hydrogen-bond donors (Lipinski definition) is 0. The number of aromatic nitrogens is 1. The average molecular weight is 339 g/mol. The van der Waals surface area contributed by atoms with Gasteiger partial charge in [0, 0.05) is 18.0 Å². The highest BCUT2D eigenvalue weighted by atomic mass is 16.5. The molecule has 0 fully saturated rings. The van der Waals surface area contributed by atoms with Gasteiger partial charge in [-0.2, -0.15) is 0 Å². The van der Waals surface area contributed by atoms with E-state index >= 15 is 0 Å². The van der Waals surface area contributed by atoms with Gasteiger partial charge in [-0.25, -0.2) is 0 Å². The van der Waals surface area contributed by atoms with E-state index in [0.29, 0.717) is 5.75 Å². The molecule has 132 valence electrons. The summed E-state index contributed by atoms with van der Waals surface area (Å²) in [5.41, 5.74) is 2.19. The number of pyridine rings is 1. The Labute approximate surface area is 149 Å². The van der Waals surface area contributed by atoms with Crippen molar-refractivity contribution in [1.82, 2.24) is 4.98 Å². The van der Waals surface area contributed by atoms with Gasteiger partial charge in [0.15, 0.2) is 11.5 Å². The van der Waals surface area contributed by atoms with Crippen LogP contribution in [0.15, 0.2) is 48.7 Å². The molecule has 3 aromatic rings. The lowest BCUT2D eigenvalue weighted by Gasteiger charge is -2.11. The van der Waals surface area contributed by atoms with Gasteiger partial charge in [0.25, 0.3) is 0 Å². The molecule has 1 heterocycles. The first kappa shape index (κ1) is 18.6. The van der Waals surface area contributed by atoms with Crippen LogP contribution >= 0.6 is 0 Å². The Hall–Kier alpha value is -2.75. The van der Waals surface area contributed by atoms with Crippen LogP contribution < -0.4 is 14.2 Å². The zero-order chi connectivity index (χ0) is 18.2. The van der Waals surface area contributed by atoms with Crippen molar-refractivity contribution in [2.45, 2.75) is 20.3 Å². The lowest BCUT2D eigenvalue weighted by atomic mass is 10.0. The first-order valence-electron chi connectivity index (χ1n) is 8.37. The molecule has 3 rings (SSSR count).